The third-order valence-electron chi connectivity index (χ3n) is 43.4. The summed E-state index contributed by atoms with van der Waals surface area (Å²) in [6, 6.07) is 0. The molecule has 12 saturated carbocycles. The minimum atomic E-state index is -0.830. The summed E-state index contributed by atoms with van der Waals surface area (Å²) in [5.41, 5.74) is 5.47. The number of aliphatic hydroxyl groups is 5. The van der Waals surface area contributed by atoms with Gasteiger partial charge in [0.15, 0.2) is 0 Å². The van der Waals surface area contributed by atoms with Crippen LogP contribution in [0.1, 0.15) is 471 Å². The first-order valence-corrected chi connectivity index (χ1v) is 60.3. The van der Waals surface area contributed by atoms with Crippen LogP contribution < -0.4 is 0 Å². The van der Waals surface area contributed by atoms with Crippen molar-refractivity contribution in [2.24, 2.45) is 136 Å². The maximum Gasteiger partial charge on any atom is 0.0839 e. The van der Waals surface area contributed by atoms with E-state index < -0.39 is 28.0 Å². The van der Waals surface area contributed by atoms with E-state index in [1.165, 1.54) is 190 Å². The zero-order chi connectivity index (χ0) is 99.8. The van der Waals surface area contributed by atoms with Crippen LogP contribution in [0.2, 0.25) is 0 Å². The van der Waals surface area contributed by atoms with Crippen LogP contribution in [-0.2, 0) is 18.5 Å². The van der Waals surface area contributed by atoms with Crippen LogP contribution in [0.4, 0.5) is 0 Å². The van der Waals surface area contributed by atoms with Crippen LogP contribution in [0.15, 0.2) is 85.6 Å². The smallest absolute Gasteiger partial charge is 0.0839 e. The number of hydrogen-bond acceptors (Lipinski definition) is 9. The first-order valence-electron chi connectivity index (χ1n) is 54.8. The summed E-state index contributed by atoms with van der Waals surface area (Å²) in [7, 11) is 6.19. The molecule has 0 aromatic carbocycles. The summed E-state index contributed by atoms with van der Waals surface area (Å²) in [5, 5.41) is 54.8. The van der Waals surface area contributed by atoms with Gasteiger partial charge in [-0.25, -0.2) is 0 Å². The van der Waals surface area contributed by atoms with Crippen molar-refractivity contribution in [3.8, 4) is 0 Å². The predicted molar refractivity (Wildman–Crippen MR) is 581 cm³/mol. The van der Waals surface area contributed by atoms with Crippen molar-refractivity contribution >= 4 is 34.8 Å². The van der Waals surface area contributed by atoms with Gasteiger partial charge in [-0.05, 0) is 444 Å². The molecule has 2 heterocycles. The fourth-order valence-electron chi connectivity index (χ4n) is 36.3. The molecule has 2 saturated heterocycles. The van der Waals surface area contributed by atoms with Crippen molar-refractivity contribution in [1.82, 2.24) is 0 Å². The van der Waals surface area contributed by atoms with E-state index in [4.69, 9.17) is 18.5 Å². The molecule has 0 bridgehead atoms. The van der Waals surface area contributed by atoms with Crippen LogP contribution >= 0.6 is 34.8 Å². The fourth-order valence-corrected chi connectivity index (χ4v) is 37.3. The van der Waals surface area contributed by atoms with E-state index in [0.29, 0.717) is 104 Å². The molecule has 12 aliphatic carbocycles. The molecule has 31 atom stereocenters. The second-order valence-electron chi connectivity index (χ2n) is 55.8. The van der Waals surface area contributed by atoms with E-state index >= 15 is 0 Å². The first-order chi connectivity index (χ1) is 61.2. The van der Waals surface area contributed by atoms with Crippen LogP contribution in [-0.4, -0.2) is 89.2 Å². The highest BCUT2D eigenvalue weighted by atomic mass is 32.0. The third kappa shape index (κ3) is 25.6. The summed E-state index contributed by atoms with van der Waals surface area (Å²) in [5.74, 6) is 7.49. The Morgan fingerprint density at radius 2 is 0.602 bits per heavy atom. The van der Waals surface area contributed by atoms with Gasteiger partial charge in [0.1, 0.15) is 0 Å². The lowest BCUT2D eigenvalue weighted by molar-refractivity contribution is -0.253. The van der Waals surface area contributed by atoms with Gasteiger partial charge in [0.25, 0.3) is 0 Å². The summed E-state index contributed by atoms with van der Waals surface area (Å²) < 4.78 is 24.2. The summed E-state index contributed by atoms with van der Waals surface area (Å²) in [4.78, 5) is 0. The normalized spacial score (nSPS) is 45.2. The van der Waals surface area contributed by atoms with Crippen molar-refractivity contribution < 1.29 is 44.1 Å². The standard InChI is InChI=1S/2C20H38O2P2.C20H36O2.3C20H34O/c2*1-15(10-14-22-24-23)7-8-17-19(4)12-6-11-18(2,3)16(19)9-13-20(17,5)21;1-7-18(4,21)13-9-16-19(5)12-8-11-17(2,3)15(19)10-14-20(16,6)22;2*1-7-18(4)13-9-16-19(5)12-8-11-17(2,3)15(19)10-14-20(16,6)21-18;1-7-15(2)9-10-17-19(5)13-8-12-18(3,4)16(19)11-14-20(17,6)21/h2*10,16-17,21,24H,6-9,11-14,23H2,1-5H3;7,15-16,21-22H,1,8-14H2,2-6H3;2*7,15-16H,1,8-14H2,2-6H3;7,9,16-17,21H,1,8,10-14H2,2-6H3/b2*15-10+;;;;15-9+/t2*16?,17-,19+,20-;2*15?,16-,18+,19+,20-;15?,16-,18-,19+,20-;16?,17-,19+,20-/m101111/s1. The Hall–Kier alpha value is -0.460. The summed E-state index contributed by atoms with van der Waals surface area (Å²) >= 11 is 0. The van der Waals surface area contributed by atoms with Gasteiger partial charge < -0.3 is 44.1 Å². The summed E-state index contributed by atoms with van der Waals surface area (Å²) in [6.45, 7) is 87.4. The number of rotatable bonds is 21. The average Bonchev–Trinajstić information content (AvgIpc) is 0.708. The molecule has 14 rings (SSSR count). The molecule has 768 valence electrons. The van der Waals surface area contributed by atoms with Gasteiger partial charge in [-0.15, -0.1) is 19.7 Å². The molecule has 0 radical (unpaired) electrons. The Kier molecular flexibility index (Phi) is 38.1. The molecular formula is C120H214O9P4. The molecule has 14 fully saturated rings. The molecule has 0 aromatic heterocycles. The minimum Gasteiger partial charge on any atom is -0.390 e. The van der Waals surface area contributed by atoms with Crippen molar-refractivity contribution in [2.45, 2.75) is 521 Å². The third-order valence-corrected chi connectivity index (χ3v) is 45.1. The Labute approximate surface area is 829 Å². The van der Waals surface area contributed by atoms with E-state index in [0.717, 1.165) is 125 Å². The topological polar surface area (TPSA) is 138 Å². The monoisotopic (exact) mass is 1920 g/mol. The maximum absolute atomic E-state index is 11.2. The second kappa shape index (κ2) is 43.7. The molecule has 5 N–H and O–H groups in total. The molecule has 0 aromatic rings. The lowest BCUT2D eigenvalue weighted by atomic mass is 9.44. The van der Waals surface area contributed by atoms with Crippen molar-refractivity contribution in [3.63, 3.8) is 0 Å². The van der Waals surface area contributed by atoms with E-state index in [2.05, 4.69) is 256 Å². The van der Waals surface area contributed by atoms with Gasteiger partial charge in [0.2, 0.25) is 0 Å². The Morgan fingerprint density at radius 1 is 0.346 bits per heavy atom. The highest BCUT2D eigenvalue weighted by molar-refractivity contribution is 8.00. The largest absolute Gasteiger partial charge is 0.390 e. The van der Waals surface area contributed by atoms with Gasteiger partial charge in [-0.2, -0.15) is 0 Å². The number of hydrogen-bond donors (Lipinski definition) is 5. The van der Waals surface area contributed by atoms with Gasteiger partial charge in [-0.3, -0.25) is 0 Å². The molecule has 10 unspecified atom stereocenters. The van der Waals surface area contributed by atoms with E-state index in [9.17, 15) is 25.5 Å². The lowest BCUT2D eigenvalue weighted by Crippen LogP contribution is -2.62. The molecule has 0 amide bonds. The molecular weight excluding hydrogens is 1710 g/mol. The van der Waals surface area contributed by atoms with Crippen LogP contribution in [0.3, 0.4) is 0 Å². The minimum absolute atomic E-state index is 0.0554. The lowest BCUT2D eigenvalue weighted by Gasteiger charge is -2.65. The van der Waals surface area contributed by atoms with E-state index in [1.54, 1.807) is 6.08 Å². The van der Waals surface area contributed by atoms with Crippen LogP contribution in [0, 0.1) is 136 Å². The molecule has 0 spiro atoms. The Bertz CT molecular complexity index is 3760. The zero-order valence-electron chi connectivity index (χ0n) is 92.2. The predicted octanol–water partition coefficient (Wildman–Crippen LogP) is 33.9. The van der Waals surface area contributed by atoms with Gasteiger partial charge in [0, 0.05) is 17.0 Å². The van der Waals surface area contributed by atoms with E-state index in [-0.39, 0.29) is 50.0 Å². The molecule has 2 aliphatic heterocycles. The maximum atomic E-state index is 11.2. The Balaban J connectivity index is 0.000000180. The van der Waals surface area contributed by atoms with Crippen LogP contribution in [0.25, 0.3) is 0 Å². The molecule has 13 heteroatoms. The molecule has 14 aliphatic rings. The second-order valence-corrected chi connectivity index (χ2v) is 58.3. The van der Waals surface area contributed by atoms with Crippen molar-refractivity contribution in [3.05, 3.63) is 85.6 Å². The SMILES string of the molecule is C/C(=C\COPP)CC[C@@H]1[C@@](C)(O)CCC2C(C)(C)CCC[C@]21C.C/C(=C\COPP)CC[C@@H]1[C@@]2(C)CCCC(C)(C)C2CC[C@@]1(C)O.C=C/C(C)=C/C[C@@H]1[C@@]2(C)CCCC(C)(C)C2CC[C@@]1(C)O.C=C[C@@]1(C)CC[C@H]2[C@@](C)(CCC3C(C)(C)CCC[C@@]32C)O1.C=C[C@](C)(O)CC[C@@H]1[C@@]2(C)CCCC(C)(C)C2CC[C@@]1(C)O.C=C[C@]1(C)CC[C@H]2[C@@](C)(CCC3C(C)(C)CCC[C@@]32C)O1. The highest BCUT2D eigenvalue weighted by Gasteiger charge is 2.67. The van der Waals surface area contributed by atoms with Crippen LogP contribution in [0.5, 0.6) is 0 Å². The highest BCUT2D eigenvalue weighted by Crippen LogP contribution is 2.72. The van der Waals surface area contributed by atoms with Crippen molar-refractivity contribution in [1.29, 1.82) is 0 Å². The van der Waals surface area contributed by atoms with Gasteiger partial charge in [-0.1, -0.05) is 247 Å². The quantitative estimate of drug-likeness (QED) is 0.0329. The fraction of sp³-hybridized carbons (Fsp3) is 0.883. The first kappa shape index (κ1) is 116. The number of fused-ring (bicyclic) bond motifs is 10. The summed E-state index contributed by atoms with van der Waals surface area (Å²) in [6.07, 6.45) is 63.6. The number of allylic oxidation sites excluding steroid dienone is 5. The van der Waals surface area contributed by atoms with Crippen molar-refractivity contribution in [2.75, 3.05) is 13.2 Å². The van der Waals surface area contributed by atoms with Gasteiger partial charge >= 0.3 is 0 Å². The number of ether oxygens (including phenoxy) is 2. The molecule has 9 nitrogen and oxygen atoms in total. The molecule has 133 heavy (non-hydrogen) atoms. The van der Waals surface area contributed by atoms with E-state index in [1.807, 2.05) is 32.1 Å². The average molecular weight is 1920 g/mol. The Morgan fingerprint density at radius 3 is 0.880 bits per heavy atom. The van der Waals surface area contributed by atoms with Gasteiger partial charge in [0.05, 0.1) is 63.6 Å². The zero-order valence-corrected chi connectivity index (χ0v) is 96.5.